The van der Waals surface area contributed by atoms with Crippen molar-refractivity contribution in [2.45, 2.75) is 26.2 Å². The normalized spacial score (nSPS) is 17.7. The fourth-order valence-electron chi connectivity index (χ4n) is 1.81. The van der Waals surface area contributed by atoms with Crippen molar-refractivity contribution >= 4 is 23.4 Å². The minimum atomic E-state index is 0.366. The minimum absolute atomic E-state index is 0.366. The molecule has 1 aliphatic carbocycles. The number of halogens is 1. The first-order chi connectivity index (χ1) is 7.63. The van der Waals surface area contributed by atoms with Gasteiger partial charge in [0.1, 0.15) is 5.02 Å². The molecule has 0 spiro atoms. The molecule has 0 aromatic carbocycles. The molecule has 0 bridgehead atoms. The van der Waals surface area contributed by atoms with Gasteiger partial charge in [0.15, 0.2) is 5.82 Å². The number of nitrogens with one attached hydrogen (secondary N) is 2. The first-order valence-electron chi connectivity index (χ1n) is 5.36. The quantitative estimate of drug-likeness (QED) is 0.555. The SMILES string of the molecule is CC1(CNc2nc(NN)ncc2Cl)CCC1. The van der Waals surface area contributed by atoms with E-state index in [1.165, 1.54) is 25.5 Å². The fourth-order valence-corrected chi connectivity index (χ4v) is 1.97. The van der Waals surface area contributed by atoms with Crippen molar-refractivity contribution < 1.29 is 0 Å². The van der Waals surface area contributed by atoms with E-state index >= 15 is 0 Å². The average Bonchev–Trinajstić information content (AvgIpc) is 2.25. The van der Waals surface area contributed by atoms with Crippen LogP contribution < -0.4 is 16.6 Å². The number of hydrazine groups is 1. The third-order valence-electron chi connectivity index (χ3n) is 3.12. The Kier molecular flexibility index (Phi) is 3.16. The van der Waals surface area contributed by atoms with Crippen molar-refractivity contribution in [1.82, 2.24) is 9.97 Å². The van der Waals surface area contributed by atoms with Crippen molar-refractivity contribution in [2.24, 2.45) is 11.3 Å². The number of nitrogens with two attached hydrogens (primary N) is 1. The Bertz CT molecular complexity index is 377. The van der Waals surface area contributed by atoms with Crippen molar-refractivity contribution in [3.8, 4) is 0 Å². The molecule has 1 heterocycles. The molecule has 5 nitrogen and oxygen atoms in total. The lowest BCUT2D eigenvalue weighted by Crippen LogP contribution is -2.33. The molecule has 0 aliphatic heterocycles. The predicted molar refractivity (Wildman–Crippen MR) is 65.3 cm³/mol. The van der Waals surface area contributed by atoms with Crippen LogP contribution in [0.1, 0.15) is 26.2 Å². The number of rotatable bonds is 4. The molecule has 0 unspecified atom stereocenters. The van der Waals surface area contributed by atoms with Gasteiger partial charge in [0.2, 0.25) is 5.95 Å². The zero-order valence-corrected chi connectivity index (χ0v) is 10.0. The average molecular weight is 242 g/mol. The summed E-state index contributed by atoms with van der Waals surface area (Å²) in [6, 6.07) is 0. The van der Waals surface area contributed by atoms with Gasteiger partial charge in [0.25, 0.3) is 0 Å². The molecule has 0 amide bonds. The molecule has 88 valence electrons. The summed E-state index contributed by atoms with van der Waals surface area (Å²) in [5.41, 5.74) is 2.78. The maximum absolute atomic E-state index is 5.99. The predicted octanol–water partition coefficient (Wildman–Crippen LogP) is 2.02. The maximum Gasteiger partial charge on any atom is 0.239 e. The molecule has 6 heteroatoms. The Hall–Kier alpha value is -1.07. The molecular formula is C10H16ClN5. The molecule has 1 fully saturated rings. The van der Waals surface area contributed by atoms with Gasteiger partial charge in [-0.15, -0.1) is 0 Å². The van der Waals surface area contributed by atoms with Gasteiger partial charge in [0.05, 0.1) is 6.20 Å². The molecule has 16 heavy (non-hydrogen) atoms. The Balaban J connectivity index is 2.02. The van der Waals surface area contributed by atoms with Crippen LogP contribution in [0.3, 0.4) is 0 Å². The van der Waals surface area contributed by atoms with Gasteiger partial charge in [-0.25, -0.2) is 10.8 Å². The summed E-state index contributed by atoms with van der Waals surface area (Å²) < 4.78 is 0. The van der Waals surface area contributed by atoms with Crippen molar-refractivity contribution in [1.29, 1.82) is 0 Å². The highest BCUT2D eigenvalue weighted by atomic mass is 35.5. The van der Waals surface area contributed by atoms with Crippen LogP contribution in [0.25, 0.3) is 0 Å². The fraction of sp³-hybridized carbons (Fsp3) is 0.600. The Labute approximate surface area is 99.8 Å². The van der Waals surface area contributed by atoms with E-state index < -0.39 is 0 Å². The van der Waals surface area contributed by atoms with E-state index in [0.717, 1.165) is 6.54 Å². The second-order valence-electron chi connectivity index (χ2n) is 4.55. The molecule has 4 N–H and O–H groups in total. The van der Waals surface area contributed by atoms with Crippen LogP contribution in [0.5, 0.6) is 0 Å². The van der Waals surface area contributed by atoms with E-state index in [1.54, 1.807) is 0 Å². The van der Waals surface area contributed by atoms with Crippen LogP contribution >= 0.6 is 11.6 Å². The lowest BCUT2D eigenvalue weighted by atomic mass is 9.70. The second-order valence-corrected chi connectivity index (χ2v) is 4.96. The lowest BCUT2D eigenvalue weighted by Gasteiger charge is -2.38. The summed E-state index contributed by atoms with van der Waals surface area (Å²) in [4.78, 5) is 8.08. The number of nitrogens with zero attached hydrogens (tertiary/aromatic N) is 2. The monoisotopic (exact) mass is 241 g/mol. The summed E-state index contributed by atoms with van der Waals surface area (Å²) in [5.74, 6) is 6.25. The van der Waals surface area contributed by atoms with E-state index in [0.29, 0.717) is 22.2 Å². The van der Waals surface area contributed by atoms with Gasteiger partial charge in [-0.2, -0.15) is 4.98 Å². The zero-order chi connectivity index (χ0) is 11.6. The van der Waals surface area contributed by atoms with Crippen molar-refractivity contribution in [3.63, 3.8) is 0 Å². The van der Waals surface area contributed by atoms with Crippen LogP contribution in [-0.4, -0.2) is 16.5 Å². The molecule has 0 radical (unpaired) electrons. The van der Waals surface area contributed by atoms with Crippen molar-refractivity contribution in [3.05, 3.63) is 11.2 Å². The summed E-state index contributed by atoms with van der Waals surface area (Å²) in [5, 5.41) is 3.77. The van der Waals surface area contributed by atoms with Gasteiger partial charge in [-0.1, -0.05) is 24.9 Å². The van der Waals surface area contributed by atoms with Gasteiger partial charge in [0, 0.05) is 6.54 Å². The number of aromatic nitrogens is 2. The molecule has 1 saturated carbocycles. The van der Waals surface area contributed by atoms with Crippen LogP contribution in [0.2, 0.25) is 5.02 Å². The highest BCUT2D eigenvalue weighted by molar-refractivity contribution is 6.32. The van der Waals surface area contributed by atoms with Gasteiger partial charge < -0.3 is 5.32 Å². The standard InChI is InChI=1S/C10H16ClN5/c1-10(3-2-4-10)6-14-8-7(11)5-13-9(15-8)16-12/h5H,2-4,6,12H2,1H3,(H2,13,14,15,16). The molecule has 1 aromatic heterocycles. The zero-order valence-electron chi connectivity index (χ0n) is 9.26. The number of hydrogen-bond donors (Lipinski definition) is 3. The van der Waals surface area contributed by atoms with E-state index in [9.17, 15) is 0 Å². The van der Waals surface area contributed by atoms with Crippen LogP contribution in [0.4, 0.5) is 11.8 Å². The topological polar surface area (TPSA) is 75.9 Å². The number of nitrogen functional groups attached to an aromatic ring is 1. The first-order valence-corrected chi connectivity index (χ1v) is 5.74. The van der Waals surface area contributed by atoms with E-state index in [2.05, 4.69) is 27.6 Å². The molecule has 1 aromatic rings. The van der Waals surface area contributed by atoms with E-state index in [1.807, 2.05) is 0 Å². The van der Waals surface area contributed by atoms with Gasteiger partial charge in [-0.05, 0) is 18.3 Å². The highest BCUT2D eigenvalue weighted by Crippen LogP contribution is 2.40. The molecular weight excluding hydrogens is 226 g/mol. The summed E-state index contributed by atoms with van der Waals surface area (Å²) in [6.07, 6.45) is 5.36. The van der Waals surface area contributed by atoms with Crippen LogP contribution in [0.15, 0.2) is 6.20 Å². The minimum Gasteiger partial charge on any atom is -0.368 e. The second kappa shape index (κ2) is 4.43. The summed E-state index contributed by atoms with van der Waals surface area (Å²) >= 11 is 5.99. The number of anilines is 2. The molecule has 1 aliphatic rings. The third kappa shape index (κ3) is 2.36. The Morgan fingerprint density at radius 2 is 2.31 bits per heavy atom. The van der Waals surface area contributed by atoms with Gasteiger partial charge >= 0.3 is 0 Å². The third-order valence-corrected chi connectivity index (χ3v) is 3.39. The summed E-state index contributed by atoms with van der Waals surface area (Å²) in [7, 11) is 0. The highest BCUT2D eigenvalue weighted by Gasteiger charge is 2.31. The summed E-state index contributed by atoms with van der Waals surface area (Å²) in [6.45, 7) is 3.15. The molecule has 2 rings (SSSR count). The van der Waals surface area contributed by atoms with Crippen LogP contribution in [-0.2, 0) is 0 Å². The largest absolute Gasteiger partial charge is 0.368 e. The first kappa shape index (κ1) is 11.4. The lowest BCUT2D eigenvalue weighted by molar-refractivity contribution is 0.180. The Morgan fingerprint density at radius 3 is 2.88 bits per heavy atom. The maximum atomic E-state index is 5.99. The Morgan fingerprint density at radius 1 is 1.56 bits per heavy atom. The van der Waals surface area contributed by atoms with Crippen LogP contribution in [0, 0.1) is 5.41 Å². The van der Waals surface area contributed by atoms with Crippen molar-refractivity contribution in [2.75, 3.05) is 17.3 Å². The van der Waals surface area contributed by atoms with E-state index in [4.69, 9.17) is 17.4 Å². The smallest absolute Gasteiger partial charge is 0.239 e. The van der Waals surface area contributed by atoms with E-state index in [-0.39, 0.29) is 0 Å². The number of hydrogen-bond acceptors (Lipinski definition) is 5. The van der Waals surface area contributed by atoms with Gasteiger partial charge in [-0.3, -0.25) is 5.43 Å². The molecule has 0 atom stereocenters. The molecule has 0 saturated heterocycles.